The van der Waals surface area contributed by atoms with Gasteiger partial charge in [-0.1, -0.05) is 6.92 Å². The Kier molecular flexibility index (Phi) is 1.27. The summed E-state index contributed by atoms with van der Waals surface area (Å²) in [6.07, 6.45) is 1.18. The molecule has 1 aliphatic carbocycles. The Morgan fingerprint density at radius 1 is 1.73 bits per heavy atom. The maximum atomic E-state index is 11.2. The van der Waals surface area contributed by atoms with Gasteiger partial charge in [0.25, 0.3) is 0 Å². The van der Waals surface area contributed by atoms with Gasteiger partial charge in [-0.3, -0.25) is 4.79 Å². The number of methoxy groups -OCH3 is 1. The van der Waals surface area contributed by atoms with Gasteiger partial charge in [-0.25, -0.2) is 0 Å². The van der Waals surface area contributed by atoms with Crippen LogP contribution in [0.2, 0.25) is 0 Å². The molecule has 2 fully saturated rings. The van der Waals surface area contributed by atoms with Gasteiger partial charge in [0.05, 0.1) is 7.11 Å². The first-order valence-corrected chi connectivity index (χ1v) is 3.99. The molecule has 0 aromatic heterocycles. The van der Waals surface area contributed by atoms with Crippen molar-refractivity contribution in [3.63, 3.8) is 0 Å². The van der Waals surface area contributed by atoms with Crippen molar-refractivity contribution in [1.82, 2.24) is 5.32 Å². The molecule has 3 heteroatoms. The minimum absolute atomic E-state index is 0.0440. The van der Waals surface area contributed by atoms with Gasteiger partial charge in [0.15, 0.2) is 0 Å². The third-order valence-corrected chi connectivity index (χ3v) is 3.12. The van der Waals surface area contributed by atoms with Crippen molar-refractivity contribution in [1.29, 1.82) is 0 Å². The van der Waals surface area contributed by atoms with Crippen molar-refractivity contribution in [3.05, 3.63) is 0 Å². The first-order chi connectivity index (χ1) is 5.18. The number of carbonyl (C=O) groups excluding carboxylic acids is 1. The van der Waals surface area contributed by atoms with Gasteiger partial charge in [0.1, 0.15) is 6.04 Å². The van der Waals surface area contributed by atoms with Gasteiger partial charge >= 0.3 is 5.97 Å². The summed E-state index contributed by atoms with van der Waals surface area (Å²) in [6.45, 7) is 3.13. The number of fused-ring (bicyclic) bond motifs is 1. The van der Waals surface area contributed by atoms with E-state index in [9.17, 15) is 4.79 Å². The Hall–Kier alpha value is -0.570. The Morgan fingerprint density at radius 3 is 2.82 bits per heavy atom. The highest BCUT2D eigenvalue weighted by atomic mass is 16.5. The average molecular weight is 155 g/mol. The molecule has 62 valence electrons. The second kappa shape index (κ2) is 1.97. The Labute approximate surface area is 66.1 Å². The number of rotatable bonds is 1. The minimum Gasteiger partial charge on any atom is -0.468 e. The quantitative estimate of drug-likeness (QED) is 0.548. The molecular weight excluding hydrogens is 142 g/mol. The van der Waals surface area contributed by atoms with Crippen LogP contribution in [0.3, 0.4) is 0 Å². The van der Waals surface area contributed by atoms with Gasteiger partial charge in [-0.15, -0.1) is 0 Å². The van der Waals surface area contributed by atoms with E-state index in [1.54, 1.807) is 0 Å². The number of ether oxygens (including phenoxy) is 1. The summed E-state index contributed by atoms with van der Waals surface area (Å²) in [5.74, 6) is 0.610. The van der Waals surface area contributed by atoms with E-state index in [1.807, 2.05) is 0 Å². The number of nitrogens with one attached hydrogen (secondary N) is 1. The molecule has 1 aliphatic heterocycles. The Bertz CT molecular complexity index is 202. The monoisotopic (exact) mass is 155 g/mol. The van der Waals surface area contributed by atoms with Crippen LogP contribution in [0.5, 0.6) is 0 Å². The van der Waals surface area contributed by atoms with E-state index in [0.29, 0.717) is 5.92 Å². The van der Waals surface area contributed by atoms with E-state index in [0.717, 1.165) is 6.54 Å². The van der Waals surface area contributed by atoms with E-state index >= 15 is 0 Å². The SMILES string of the molecule is COC(=O)C1NCC2CC21C. The first-order valence-electron chi connectivity index (χ1n) is 3.99. The zero-order valence-electron chi connectivity index (χ0n) is 6.89. The molecule has 2 aliphatic rings. The summed E-state index contributed by atoms with van der Waals surface area (Å²) < 4.78 is 4.69. The predicted octanol–water partition coefficient (Wildman–Crippen LogP) is 0.157. The fraction of sp³-hybridized carbons (Fsp3) is 0.875. The fourth-order valence-corrected chi connectivity index (χ4v) is 2.09. The predicted molar refractivity (Wildman–Crippen MR) is 40.0 cm³/mol. The smallest absolute Gasteiger partial charge is 0.323 e. The highest BCUT2D eigenvalue weighted by Crippen LogP contribution is 2.58. The van der Waals surface area contributed by atoms with Crippen molar-refractivity contribution in [2.45, 2.75) is 19.4 Å². The first kappa shape index (κ1) is 7.10. The van der Waals surface area contributed by atoms with Crippen LogP contribution in [0.25, 0.3) is 0 Å². The lowest BCUT2D eigenvalue weighted by molar-refractivity contribution is -0.144. The second-order valence-corrected chi connectivity index (χ2v) is 3.77. The summed E-state index contributed by atoms with van der Waals surface area (Å²) in [7, 11) is 1.45. The summed E-state index contributed by atoms with van der Waals surface area (Å²) in [4.78, 5) is 11.2. The molecule has 0 aromatic carbocycles. The number of piperidine rings is 1. The Balaban J connectivity index is 2.10. The molecule has 1 N–H and O–H groups in total. The van der Waals surface area contributed by atoms with E-state index in [2.05, 4.69) is 12.2 Å². The zero-order chi connectivity index (χ0) is 8.06. The molecule has 0 aromatic rings. The summed E-state index contributed by atoms with van der Waals surface area (Å²) in [6, 6.07) is -0.0440. The number of hydrogen-bond acceptors (Lipinski definition) is 3. The van der Waals surface area contributed by atoms with Gasteiger partial charge < -0.3 is 10.1 Å². The Morgan fingerprint density at radius 2 is 2.45 bits per heavy atom. The van der Waals surface area contributed by atoms with Crippen LogP contribution in [0.4, 0.5) is 0 Å². The third-order valence-electron chi connectivity index (χ3n) is 3.12. The van der Waals surface area contributed by atoms with Crippen molar-refractivity contribution in [2.75, 3.05) is 13.7 Å². The van der Waals surface area contributed by atoms with Crippen LogP contribution in [-0.2, 0) is 9.53 Å². The zero-order valence-corrected chi connectivity index (χ0v) is 6.89. The van der Waals surface area contributed by atoms with Crippen LogP contribution < -0.4 is 5.32 Å². The highest BCUT2D eigenvalue weighted by molar-refractivity contribution is 5.78. The average Bonchev–Trinajstić information content (AvgIpc) is 2.54. The van der Waals surface area contributed by atoms with Crippen LogP contribution in [0.15, 0.2) is 0 Å². The fourth-order valence-electron chi connectivity index (χ4n) is 2.09. The van der Waals surface area contributed by atoms with Crippen molar-refractivity contribution in [3.8, 4) is 0 Å². The van der Waals surface area contributed by atoms with Crippen LogP contribution >= 0.6 is 0 Å². The summed E-state index contributed by atoms with van der Waals surface area (Å²) in [5, 5.41) is 3.17. The normalized spacial score (nSPS) is 46.7. The van der Waals surface area contributed by atoms with Crippen LogP contribution in [0, 0.1) is 11.3 Å². The molecule has 1 saturated heterocycles. The standard InChI is InChI=1S/C8H13NO2/c1-8-3-5(8)4-9-6(8)7(10)11-2/h5-6,9H,3-4H2,1-2H3. The molecule has 0 bridgehead atoms. The molecule has 3 nitrogen and oxygen atoms in total. The number of hydrogen-bond donors (Lipinski definition) is 1. The van der Waals surface area contributed by atoms with E-state index in [1.165, 1.54) is 13.5 Å². The van der Waals surface area contributed by atoms with Gasteiger partial charge in [-0.05, 0) is 24.3 Å². The molecule has 1 saturated carbocycles. The van der Waals surface area contributed by atoms with Crippen molar-refractivity contribution < 1.29 is 9.53 Å². The maximum absolute atomic E-state index is 11.2. The third kappa shape index (κ3) is 0.805. The van der Waals surface area contributed by atoms with Crippen LogP contribution in [-0.4, -0.2) is 25.7 Å². The highest BCUT2D eigenvalue weighted by Gasteiger charge is 2.62. The molecule has 3 unspecified atom stereocenters. The van der Waals surface area contributed by atoms with E-state index < -0.39 is 0 Å². The van der Waals surface area contributed by atoms with Gasteiger partial charge in [-0.2, -0.15) is 0 Å². The summed E-state index contributed by atoms with van der Waals surface area (Å²) >= 11 is 0. The molecule has 3 atom stereocenters. The van der Waals surface area contributed by atoms with E-state index in [4.69, 9.17) is 4.74 Å². The number of esters is 1. The van der Waals surface area contributed by atoms with Gasteiger partial charge in [0.2, 0.25) is 0 Å². The lowest BCUT2D eigenvalue weighted by Crippen LogP contribution is -2.39. The second-order valence-electron chi connectivity index (χ2n) is 3.77. The minimum atomic E-state index is -0.104. The van der Waals surface area contributed by atoms with Crippen molar-refractivity contribution >= 4 is 5.97 Å². The maximum Gasteiger partial charge on any atom is 0.323 e. The van der Waals surface area contributed by atoms with Gasteiger partial charge in [0, 0.05) is 0 Å². The molecule has 0 amide bonds. The lowest BCUT2D eigenvalue weighted by Gasteiger charge is -2.16. The molecular formula is C8H13NO2. The topological polar surface area (TPSA) is 38.3 Å². The van der Waals surface area contributed by atoms with E-state index in [-0.39, 0.29) is 17.4 Å². The molecule has 0 spiro atoms. The molecule has 11 heavy (non-hydrogen) atoms. The molecule has 1 heterocycles. The molecule has 2 rings (SSSR count). The largest absolute Gasteiger partial charge is 0.468 e. The molecule has 0 radical (unpaired) electrons. The lowest BCUT2D eigenvalue weighted by atomic mass is 10.00. The van der Waals surface area contributed by atoms with Crippen LogP contribution in [0.1, 0.15) is 13.3 Å². The van der Waals surface area contributed by atoms with Crippen molar-refractivity contribution in [2.24, 2.45) is 11.3 Å². The summed E-state index contributed by atoms with van der Waals surface area (Å²) in [5.41, 5.74) is 0.215. The number of carbonyl (C=O) groups is 1.